The Labute approximate surface area is 659 Å². The molecule has 3 heterocycles. The van der Waals surface area contributed by atoms with E-state index in [0.717, 1.165) is 23.7 Å². The van der Waals surface area contributed by atoms with Crippen molar-refractivity contribution in [2.45, 2.75) is 156 Å². The number of aromatic amines is 2. The Bertz CT molecular complexity index is 3900. The molecule has 616 valence electrons. The predicted molar refractivity (Wildman–Crippen MR) is 420 cm³/mol. The number of amides is 7. The van der Waals surface area contributed by atoms with Crippen LogP contribution in [0.4, 0.5) is 5.69 Å². The van der Waals surface area contributed by atoms with Gasteiger partial charge in [0, 0.05) is 157 Å². The van der Waals surface area contributed by atoms with Crippen molar-refractivity contribution in [2.75, 3.05) is 97.3 Å². The third kappa shape index (κ3) is 34.2. The Morgan fingerprint density at radius 2 is 1.12 bits per heavy atom. The molecule has 6 atom stereocenters. The number of Topliss-reactive ketones (excluding diaryl/α,β-unsaturated/α-hetero) is 4. The predicted octanol–water partition coefficient (Wildman–Crippen LogP) is 3.76. The molecule has 0 unspecified atom stereocenters. The number of H-pyrrole nitrogens is 2. The summed E-state index contributed by atoms with van der Waals surface area (Å²) in [7, 11) is 0. The number of nitrogens with two attached hydrogens (primary N) is 1. The number of ether oxygens (including phenoxy) is 2. The number of hydrogen-bond donors (Lipinski definition) is 11. The number of carboxylic acids is 2. The molecule has 32 heteroatoms. The van der Waals surface area contributed by atoms with Crippen molar-refractivity contribution in [2.24, 2.45) is 41.2 Å². The summed E-state index contributed by atoms with van der Waals surface area (Å²) in [5.74, 6) is -10.3. The fraction of sp³-hybridized carbons (Fsp3) is 0.543. The molecule has 1 fully saturated rings. The first kappa shape index (κ1) is 91.5. The number of ketones is 4. The highest BCUT2D eigenvalue weighted by atomic mass is 16.5. The van der Waals surface area contributed by atoms with Crippen LogP contribution in [0.2, 0.25) is 0 Å². The molecule has 0 radical (unpaired) electrons. The van der Waals surface area contributed by atoms with Gasteiger partial charge >= 0.3 is 11.9 Å². The standard InChI is InChI=1S/C81H114N14O18/c1-52(2)33-58(34-53(3)4)37-70(99)67(40-62-43-83-49-86-62)88-73(102)24-22-68(97)79(54(5)6)91-80(110)55(7)35-69(98)66(38-60-42-84-64-16-12-11-15-63(60)64)90-81(111)59(19-23-72(82)101)39-71(100)65(36-56-13-9-8-10-14-56)89-76(105)48-112-47-75(104)87-61-20-17-57(18-21-61)41-85-74(103)44-92-25-27-93(45-77(106)107)29-31-95(50-113-51-96)32-30-94(28-26-92)46-78(108)109/h8-18,20-21,42-43,49,51-55,58-59,65-67,79,84H,19,22-41,44-48,50H2,1-7H3,(H2,82,101)(H,83,86)(H,85,103)(H,87,104)(H,88,102)(H,89,105)(H,90,111)(H,91,110)(H,106,107)(H,108,109)/t55-,59-,65-,66+,67+,79+/m1/s1. The van der Waals surface area contributed by atoms with E-state index in [1.807, 2.05) is 23.1 Å². The number of para-hydroxylation sites is 1. The number of nitrogens with one attached hydrogen (secondary N) is 8. The fourth-order valence-corrected chi connectivity index (χ4v) is 13.7. The van der Waals surface area contributed by atoms with E-state index in [-0.39, 0.29) is 128 Å². The summed E-state index contributed by atoms with van der Waals surface area (Å²) >= 11 is 0. The third-order valence-corrected chi connectivity index (χ3v) is 19.6. The van der Waals surface area contributed by atoms with E-state index in [1.54, 1.807) is 102 Å². The van der Waals surface area contributed by atoms with Gasteiger partial charge in [0.25, 0.3) is 6.47 Å². The Balaban J connectivity index is 1.05. The molecule has 0 saturated carbocycles. The molecule has 113 heavy (non-hydrogen) atoms. The summed E-state index contributed by atoms with van der Waals surface area (Å²) in [4.78, 5) is 204. The third-order valence-electron chi connectivity index (χ3n) is 19.6. The second kappa shape index (κ2) is 47.8. The van der Waals surface area contributed by atoms with Gasteiger partial charge in [-0.1, -0.05) is 109 Å². The van der Waals surface area contributed by atoms with Crippen molar-refractivity contribution in [3.63, 3.8) is 0 Å². The van der Waals surface area contributed by atoms with Gasteiger partial charge < -0.3 is 67.3 Å². The van der Waals surface area contributed by atoms with Gasteiger partial charge in [-0.15, -0.1) is 0 Å². The first-order valence-electron chi connectivity index (χ1n) is 38.7. The Hall–Kier alpha value is -10.4. The molecule has 1 aliphatic rings. The zero-order chi connectivity index (χ0) is 82.5. The first-order valence-corrected chi connectivity index (χ1v) is 38.7. The van der Waals surface area contributed by atoms with Gasteiger partial charge in [0.2, 0.25) is 41.4 Å². The number of carbonyl (C=O) groups is 14. The molecule has 0 bridgehead atoms. The number of aliphatic carboxylic acids is 2. The zero-order valence-corrected chi connectivity index (χ0v) is 65.9. The van der Waals surface area contributed by atoms with Crippen LogP contribution in [0.25, 0.3) is 10.9 Å². The number of hydrogen-bond acceptors (Lipinski definition) is 21. The van der Waals surface area contributed by atoms with Gasteiger partial charge in [-0.25, -0.2) is 4.98 Å². The summed E-state index contributed by atoms with van der Waals surface area (Å²) in [5.41, 5.74) is 9.31. The maximum absolute atomic E-state index is 14.8. The quantitative estimate of drug-likeness (QED) is 0.0247. The minimum absolute atomic E-state index is 0.0470. The summed E-state index contributed by atoms with van der Waals surface area (Å²) in [6.07, 6.45) is 4.72. The van der Waals surface area contributed by atoms with Gasteiger partial charge in [-0.2, -0.15) is 0 Å². The number of rotatable bonds is 49. The highest BCUT2D eigenvalue weighted by molar-refractivity contribution is 5.98. The van der Waals surface area contributed by atoms with Crippen molar-refractivity contribution in [1.82, 2.24) is 61.1 Å². The molecule has 0 spiro atoms. The molecule has 7 amide bonds. The molecule has 1 aliphatic heterocycles. The van der Waals surface area contributed by atoms with Crippen molar-refractivity contribution in [3.8, 4) is 0 Å². The number of carbonyl (C=O) groups excluding carboxylic acids is 12. The number of imidazole rings is 1. The van der Waals surface area contributed by atoms with Gasteiger partial charge in [0.15, 0.2) is 23.1 Å². The van der Waals surface area contributed by atoms with Crippen molar-refractivity contribution in [1.29, 1.82) is 0 Å². The van der Waals surface area contributed by atoms with E-state index in [1.165, 1.54) is 13.3 Å². The topological polar surface area (TPSA) is 454 Å². The Morgan fingerprint density at radius 3 is 1.72 bits per heavy atom. The zero-order valence-electron chi connectivity index (χ0n) is 65.9. The first-order chi connectivity index (χ1) is 53.9. The maximum Gasteiger partial charge on any atom is 0.317 e. The van der Waals surface area contributed by atoms with Crippen LogP contribution in [-0.4, -0.2) is 244 Å². The van der Waals surface area contributed by atoms with Gasteiger partial charge in [-0.05, 0) is 84.2 Å². The number of aromatic nitrogens is 3. The van der Waals surface area contributed by atoms with Crippen LogP contribution >= 0.6 is 0 Å². The van der Waals surface area contributed by atoms with Crippen LogP contribution in [0.1, 0.15) is 129 Å². The highest BCUT2D eigenvalue weighted by Crippen LogP contribution is 2.26. The molecule has 3 aromatic carbocycles. The summed E-state index contributed by atoms with van der Waals surface area (Å²) < 4.78 is 10.4. The lowest BCUT2D eigenvalue weighted by Crippen LogP contribution is -2.49. The lowest BCUT2D eigenvalue weighted by molar-refractivity contribution is -0.139. The normalized spacial score (nSPS) is 15.1. The molecule has 2 aromatic heterocycles. The average molecular weight is 1570 g/mol. The van der Waals surface area contributed by atoms with Crippen molar-refractivity contribution >= 4 is 99.5 Å². The fourth-order valence-electron chi connectivity index (χ4n) is 13.7. The summed E-state index contributed by atoms with van der Waals surface area (Å²) in [6.45, 7) is 14.3. The minimum atomic E-state index is -1.31. The van der Waals surface area contributed by atoms with E-state index >= 15 is 0 Å². The lowest BCUT2D eigenvalue weighted by atomic mass is 9.84. The Morgan fingerprint density at radius 1 is 0.558 bits per heavy atom. The molecule has 12 N–H and O–H groups in total. The number of primary amides is 1. The Kier molecular flexibility index (Phi) is 38.7. The molecule has 1 saturated heterocycles. The van der Waals surface area contributed by atoms with Crippen molar-refractivity contribution < 1.29 is 86.8 Å². The molecule has 6 rings (SSSR count). The summed E-state index contributed by atoms with van der Waals surface area (Å²) in [5, 5.41) is 36.7. The van der Waals surface area contributed by atoms with E-state index in [9.17, 15) is 77.3 Å². The van der Waals surface area contributed by atoms with Crippen molar-refractivity contribution in [3.05, 3.63) is 120 Å². The van der Waals surface area contributed by atoms with Gasteiger partial charge in [-0.3, -0.25) is 86.7 Å². The second-order valence-corrected chi connectivity index (χ2v) is 30.4. The van der Waals surface area contributed by atoms with E-state index < -0.39 is 133 Å². The van der Waals surface area contributed by atoms with Crippen LogP contribution in [0.15, 0.2) is 97.6 Å². The highest BCUT2D eigenvalue weighted by Gasteiger charge is 2.35. The van der Waals surface area contributed by atoms with Gasteiger partial charge in [0.1, 0.15) is 19.9 Å². The number of carboxylic acid groups (broad SMARTS) is 2. The average Bonchev–Trinajstić information content (AvgIpc) is 1.70. The summed E-state index contributed by atoms with van der Waals surface area (Å²) in [6, 6.07) is 18.0. The van der Waals surface area contributed by atoms with E-state index in [0.29, 0.717) is 72.6 Å². The van der Waals surface area contributed by atoms with Crippen LogP contribution in [0, 0.1) is 35.5 Å². The monoisotopic (exact) mass is 1570 g/mol. The number of benzene rings is 3. The van der Waals surface area contributed by atoms with Gasteiger partial charge in [0.05, 0.1) is 50.1 Å². The minimum Gasteiger partial charge on any atom is -0.480 e. The molecule has 5 aromatic rings. The largest absolute Gasteiger partial charge is 0.480 e. The smallest absolute Gasteiger partial charge is 0.317 e. The molecule has 32 nitrogen and oxygen atoms in total. The van der Waals surface area contributed by atoms with E-state index in [2.05, 4.69) is 74.5 Å². The number of fused-ring (bicyclic) bond motifs is 1. The van der Waals surface area contributed by atoms with E-state index in [4.69, 9.17) is 15.2 Å². The maximum atomic E-state index is 14.8. The second-order valence-electron chi connectivity index (χ2n) is 30.4. The number of nitrogens with zero attached hydrogens (tertiary/aromatic N) is 5. The molecular weight excluding hydrogens is 1460 g/mol. The number of anilines is 1. The van der Waals surface area contributed by atoms with Crippen LogP contribution in [0.5, 0.6) is 0 Å². The van der Waals surface area contributed by atoms with Crippen LogP contribution in [0.3, 0.4) is 0 Å². The lowest BCUT2D eigenvalue weighted by Gasteiger charge is -2.32. The van der Waals surface area contributed by atoms with Crippen LogP contribution < -0.4 is 37.6 Å². The van der Waals surface area contributed by atoms with Crippen LogP contribution in [-0.2, 0) is 102 Å². The molecule has 0 aliphatic carbocycles. The molecular formula is C81H114N14O18. The SMILES string of the molecule is CC(C)CC(CC(=O)[C@H](Cc1cnc[nH]1)NC(=O)CCC(=O)[C@@H](NC(=O)[C@H](C)CC(=O)[C@H](Cc1c[nH]c2ccccc12)NC(=O)[C@H](CCC(N)=O)CC(=O)[C@@H](Cc1ccccc1)NC(=O)COCC(=O)Nc1ccc(CNC(=O)CN2CCN(CC(=O)O)CCN(COC=O)CCN(CC(=O)O)CC2)cc1)C(C)C)CC(C)C.